The molecule has 0 aliphatic carbocycles. The fourth-order valence-corrected chi connectivity index (χ4v) is 3.39. The average Bonchev–Trinajstić information content (AvgIpc) is 3.03. The molecule has 0 saturated carbocycles. The predicted molar refractivity (Wildman–Crippen MR) is 93.6 cm³/mol. The topological polar surface area (TPSA) is 114 Å². The maximum absolute atomic E-state index is 12.9. The van der Waals surface area contributed by atoms with Crippen LogP contribution in [0.4, 0.5) is 10.2 Å². The van der Waals surface area contributed by atoms with Gasteiger partial charge in [0.25, 0.3) is 10.0 Å². The van der Waals surface area contributed by atoms with Gasteiger partial charge in [-0.1, -0.05) is 0 Å². The van der Waals surface area contributed by atoms with Crippen molar-refractivity contribution in [3.05, 3.63) is 66.0 Å². The lowest BCUT2D eigenvalue weighted by Gasteiger charge is -2.06. The summed E-state index contributed by atoms with van der Waals surface area (Å²) in [7, 11) is -2.64. The summed E-state index contributed by atoms with van der Waals surface area (Å²) < 4.78 is 48.8. The number of hydrogen-bond acceptors (Lipinski definition) is 7. The Balaban J connectivity index is 1.86. The van der Waals surface area contributed by atoms with E-state index in [9.17, 15) is 17.6 Å². The molecule has 0 atom stereocenters. The first-order chi connectivity index (χ1) is 12.8. The van der Waals surface area contributed by atoms with Crippen molar-refractivity contribution < 1.29 is 27.1 Å². The lowest BCUT2D eigenvalue weighted by atomic mass is 10.2. The van der Waals surface area contributed by atoms with Crippen LogP contribution in [0.15, 0.2) is 59.5 Å². The van der Waals surface area contributed by atoms with E-state index in [0.29, 0.717) is 9.84 Å². The van der Waals surface area contributed by atoms with Crippen molar-refractivity contribution in [2.75, 3.05) is 12.8 Å². The first kappa shape index (κ1) is 18.4. The predicted octanol–water partition coefficient (Wildman–Crippen LogP) is 2.07. The molecule has 3 aromatic rings. The van der Waals surface area contributed by atoms with Gasteiger partial charge in [-0.25, -0.2) is 9.18 Å². The van der Waals surface area contributed by atoms with Crippen molar-refractivity contribution >= 4 is 21.8 Å². The number of methoxy groups -OCH3 is 1. The van der Waals surface area contributed by atoms with Gasteiger partial charge in [0.15, 0.2) is 0 Å². The zero-order valence-corrected chi connectivity index (χ0v) is 14.8. The van der Waals surface area contributed by atoms with Gasteiger partial charge in [-0.2, -0.15) is 8.42 Å². The number of carbonyl (C=O) groups is 1. The Morgan fingerprint density at radius 3 is 2.33 bits per heavy atom. The third kappa shape index (κ3) is 3.75. The highest BCUT2D eigenvalue weighted by atomic mass is 32.2. The summed E-state index contributed by atoms with van der Waals surface area (Å²) in [6.07, 6.45) is 0. The Bertz CT molecular complexity index is 1080. The quantitative estimate of drug-likeness (QED) is 0.662. The Morgan fingerprint density at radius 1 is 1.11 bits per heavy atom. The summed E-state index contributed by atoms with van der Waals surface area (Å²) in [6, 6.07) is 11.4. The van der Waals surface area contributed by atoms with Crippen molar-refractivity contribution in [1.29, 1.82) is 0 Å². The van der Waals surface area contributed by atoms with E-state index < -0.39 is 21.8 Å². The average molecular weight is 391 g/mol. The molecule has 0 aliphatic rings. The van der Waals surface area contributed by atoms with Gasteiger partial charge in [0.1, 0.15) is 17.4 Å². The summed E-state index contributed by atoms with van der Waals surface area (Å²) in [6.45, 7) is 0. The van der Waals surface area contributed by atoms with Crippen molar-refractivity contribution in [3.8, 4) is 11.6 Å². The minimum Gasteiger partial charge on any atom is -0.497 e. The van der Waals surface area contributed by atoms with Crippen LogP contribution in [-0.2, 0) is 10.0 Å². The molecule has 1 heterocycles. The molecule has 0 bridgehead atoms. The van der Waals surface area contributed by atoms with Gasteiger partial charge in [-0.3, -0.25) is 0 Å². The summed E-state index contributed by atoms with van der Waals surface area (Å²) in [5.41, 5.74) is 5.78. The minimum absolute atomic E-state index is 0.0718. The van der Waals surface area contributed by atoms with Crippen molar-refractivity contribution in [3.63, 3.8) is 0 Å². The highest BCUT2D eigenvalue weighted by Crippen LogP contribution is 2.23. The molecule has 27 heavy (non-hydrogen) atoms. The number of rotatable bonds is 5. The Kier molecular flexibility index (Phi) is 4.82. The molecule has 0 radical (unpaired) electrons. The first-order valence-electron chi connectivity index (χ1n) is 7.54. The van der Waals surface area contributed by atoms with Crippen LogP contribution in [0, 0.1) is 5.82 Å². The highest BCUT2D eigenvalue weighted by molar-refractivity contribution is 7.90. The lowest BCUT2D eigenvalue weighted by molar-refractivity contribution is 0.0727. The molecule has 1 aromatic heterocycles. The van der Waals surface area contributed by atoms with E-state index in [1.54, 1.807) is 0 Å². The van der Waals surface area contributed by atoms with E-state index >= 15 is 0 Å². The van der Waals surface area contributed by atoms with E-state index in [4.69, 9.17) is 15.2 Å². The molecular formula is C17H14FN3O5S. The van der Waals surface area contributed by atoms with Gasteiger partial charge < -0.3 is 15.2 Å². The van der Waals surface area contributed by atoms with Crippen LogP contribution in [0.5, 0.6) is 11.6 Å². The fourth-order valence-electron chi connectivity index (χ4n) is 2.19. The molecule has 3 rings (SSSR count). The van der Waals surface area contributed by atoms with E-state index in [2.05, 4.69) is 5.10 Å². The monoisotopic (exact) mass is 391 g/mol. The Hall–Kier alpha value is -3.40. The number of carbonyl (C=O) groups excluding carboxylic acids is 1. The SMILES string of the molecule is COc1ccc(S(=O)(=O)n2nc(OC(=O)c3ccc(F)cc3)cc2N)cc1. The number of ether oxygens (including phenoxy) is 2. The van der Waals surface area contributed by atoms with E-state index in [1.165, 1.54) is 43.5 Å². The van der Waals surface area contributed by atoms with Gasteiger partial charge in [0, 0.05) is 6.07 Å². The van der Waals surface area contributed by atoms with Gasteiger partial charge in [0.05, 0.1) is 17.6 Å². The standard InChI is InChI=1S/C17H14FN3O5S/c1-25-13-6-8-14(9-7-13)27(23,24)21-15(19)10-16(20-21)26-17(22)11-2-4-12(18)5-3-11/h2-10H,19H2,1H3. The van der Waals surface area contributed by atoms with Crippen LogP contribution in [0.3, 0.4) is 0 Å². The number of hydrogen-bond donors (Lipinski definition) is 1. The third-order valence-electron chi connectivity index (χ3n) is 3.54. The third-order valence-corrected chi connectivity index (χ3v) is 5.16. The fraction of sp³-hybridized carbons (Fsp3) is 0.0588. The smallest absolute Gasteiger partial charge is 0.344 e. The molecule has 0 aliphatic heterocycles. The molecule has 10 heteroatoms. The van der Waals surface area contributed by atoms with Gasteiger partial charge in [-0.15, -0.1) is 9.19 Å². The molecule has 0 unspecified atom stereocenters. The highest BCUT2D eigenvalue weighted by Gasteiger charge is 2.23. The molecule has 2 aromatic carbocycles. The van der Waals surface area contributed by atoms with Crippen LogP contribution in [0.25, 0.3) is 0 Å². The zero-order chi connectivity index (χ0) is 19.6. The van der Waals surface area contributed by atoms with Crippen molar-refractivity contribution in [1.82, 2.24) is 9.19 Å². The molecule has 0 fully saturated rings. The zero-order valence-electron chi connectivity index (χ0n) is 14.0. The largest absolute Gasteiger partial charge is 0.497 e. The van der Waals surface area contributed by atoms with E-state index in [0.717, 1.165) is 18.2 Å². The normalized spacial score (nSPS) is 11.2. The number of anilines is 1. The Morgan fingerprint density at radius 2 is 1.74 bits per heavy atom. The van der Waals surface area contributed by atoms with Gasteiger partial charge >= 0.3 is 5.97 Å². The molecule has 0 spiro atoms. The number of nitrogens with two attached hydrogens (primary N) is 1. The van der Waals surface area contributed by atoms with Crippen LogP contribution >= 0.6 is 0 Å². The van der Waals surface area contributed by atoms with Gasteiger partial charge in [-0.05, 0) is 48.5 Å². The van der Waals surface area contributed by atoms with Crippen LogP contribution < -0.4 is 15.2 Å². The maximum Gasteiger partial charge on any atom is 0.344 e. The van der Waals surface area contributed by atoms with Crippen LogP contribution in [0.2, 0.25) is 0 Å². The van der Waals surface area contributed by atoms with Crippen LogP contribution in [-0.4, -0.2) is 30.7 Å². The summed E-state index contributed by atoms with van der Waals surface area (Å²) in [4.78, 5) is 12.0. The van der Waals surface area contributed by atoms with E-state index in [1.807, 2.05) is 0 Å². The summed E-state index contributed by atoms with van der Waals surface area (Å²) in [5, 5.41) is 3.74. The maximum atomic E-state index is 12.9. The number of aromatic nitrogens is 2. The second kappa shape index (κ2) is 7.08. The second-order valence-corrected chi connectivity index (χ2v) is 7.09. The number of halogens is 1. The number of esters is 1. The van der Waals surface area contributed by atoms with Gasteiger partial charge in [0.2, 0.25) is 5.88 Å². The number of benzene rings is 2. The number of nitrogen functional groups attached to an aromatic ring is 1. The minimum atomic E-state index is -4.10. The molecule has 0 amide bonds. The van der Waals surface area contributed by atoms with Crippen LogP contribution in [0.1, 0.15) is 10.4 Å². The van der Waals surface area contributed by atoms with E-state index in [-0.39, 0.29) is 22.2 Å². The van der Waals surface area contributed by atoms with Crippen molar-refractivity contribution in [2.45, 2.75) is 4.90 Å². The Labute approximate surface area is 154 Å². The molecule has 8 nitrogen and oxygen atoms in total. The molecular weight excluding hydrogens is 377 g/mol. The lowest BCUT2D eigenvalue weighted by Crippen LogP contribution is -2.17. The van der Waals surface area contributed by atoms with Crippen molar-refractivity contribution in [2.24, 2.45) is 0 Å². The summed E-state index contributed by atoms with van der Waals surface area (Å²) in [5.74, 6) is -1.41. The summed E-state index contributed by atoms with van der Waals surface area (Å²) >= 11 is 0. The number of nitrogens with zero attached hydrogens (tertiary/aromatic N) is 2. The second-order valence-electron chi connectivity index (χ2n) is 5.33. The molecule has 2 N–H and O–H groups in total. The molecule has 140 valence electrons. The molecule has 0 saturated heterocycles. The first-order valence-corrected chi connectivity index (χ1v) is 8.98.